The van der Waals surface area contributed by atoms with Crippen molar-refractivity contribution in [2.45, 2.75) is 150 Å². The van der Waals surface area contributed by atoms with E-state index in [0.717, 1.165) is 36.1 Å². The minimum atomic E-state index is -0.871. The standard InChI is InChI=1S/C35H55NO6/c1-11-12-13-14-17-33(5,6)23-20-27(40-30(38)34(7,8)18-19-36-31(39)42-32(2,3)4)29-25-22-24(37)15-16-26(25)35(9,10)41-28(29)21-23/h20-21,25-26H,11-19,22H2,1-10H3,(H,36,39)/t25-,26-/m1/s1. The van der Waals surface area contributed by atoms with E-state index in [1.807, 2.05) is 40.7 Å². The number of carbonyl (C=O) groups excluding carboxylic acids is 3. The molecule has 7 nitrogen and oxygen atoms in total. The predicted octanol–water partition coefficient (Wildman–Crippen LogP) is 8.40. The number of unbranched alkanes of at least 4 members (excludes halogenated alkanes) is 3. The van der Waals surface area contributed by atoms with Gasteiger partial charge in [-0.1, -0.05) is 46.5 Å². The molecule has 1 N–H and O–H groups in total. The molecule has 1 aliphatic heterocycles. The molecule has 1 amide bonds. The summed E-state index contributed by atoms with van der Waals surface area (Å²) in [4.78, 5) is 38.5. The Morgan fingerprint density at radius 1 is 1.02 bits per heavy atom. The van der Waals surface area contributed by atoms with Crippen molar-refractivity contribution in [2.75, 3.05) is 6.54 Å². The molecule has 3 rings (SSSR count). The first kappa shape index (κ1) is 33.9. The van der Waals surface area contributed by atoms with Gasteiger partial charge in [0.05, 0.1) is 5.41 Å². The topological polar surface area (TPSA) is 90.9 Å². The number of amides is 1. The second kappa shape index (κ2) is 13.0. The maximum atomic E-state index is 13.7. The van der Waals surface area contributed by atoms with Crippen LogP contribution in [0.3, 0.4) is 0 Å². The van der Waals surface area contributed by atoms with Crippen LogP contribution >= 0.6 is 0 Å². The molecule has 1 fully saturated rings. The number of fused-ring (bicyclic) bond motifs is 3. The van der Waals surface area contributed by atoms with E-state index in [1.54, 1.807) is 0 Å². The molecular formula is C35H55NO6. The van der Waals surface area contributed by atoms with Gasteiger partial charge in [0.15, 0.2) is 0 Å². The summed E-state index contributed by atoms with van der Waals surface area (Å²) in [6, 6.07) is 4.14. The number of hydrogen-bond acceptors (Lipinski definition) is 6. The summed E-state index contributed by atoms with van der Waals surface area (Å²) in [6.07, 6.45) is 7.33. The highest BCUT2D eigenvalue weighted by Gasteiger charge is 2.48. The zero-order valence-electron chi connectivity index (χ0n) is 27.8. The Kier molecular flexibility index (Phi) is 10.5. The molecule has 0 saturated heterocycles. The van der Waals surface area contributed by atoms with Gasteiger partial charge in [0, 0.05) is 36.8 Å². The molecule has 2 atom stereocenters. The summed E-state index contributed by atoms with van der Waals surface area (Å²) in [5.41, 5.74) is -0.138. The summed E-state index contributed by atoms with van der Waals surface area (Å²) in [5, 5.41) is 2.75. The van der Waals surface area contributed by atoms with E-state index in [0.29, 0.717) is 25.0 Å². The van der Waals surface area contributed by atoms with Gasteiger partial charge in [-0.05, 0) is 90.8 Å². The third-order valence-electron chi connectivity index (χ3n) is 9.02. The average molecular weight is 586 g/mol. The first-order chi connectivity index (χ1) is 19.4. The Labute approximate surface area is 253 Å². The zero-order chi connectivity index (χ0) is 31.5. The van der Waals surface area contributed by atoms with Gasteiger partial charge in [0.2, 0.25) is 0 Å². The molecule has 0 aromatic heterocycles. The van der Waals surface area contributed by atoms with E-state index >= 15 is 0 Å². The monoisotopic (exact) mass is 585 g/mol. The fourth-order valence-corrected chi connectivity index (χ4v) is 6.30. The Morgan fingerprint density at radius 2 is 1.71 bits per heavy atom. The highest BCUT2D eigenvalue weighted by Crippen LogP contribution is 2.55. The number of nitrogens with one attached hydrogen (secondary N) is 1. The van der Waals surface area contributed by atoms with Crippen molar-refractivity contribution in [1.82, 2.24) is 5.32 Å². The molecule has 1 aromatic rings. The van der Waals surface area contributed by atoms with Crippen LogP contribution in [0.2, 0.25) is 0 Å². The van der Waals surface area contributed by atoms with Crippen LogP contribution in [0, 0.1) is 11.3 Å². The number of hydrogen-bond donors (Lipinski definition) is 1. The number of esters is 1. The van der Waals surface area contributed by atoms with Crippen molar-refractivity contribution in [3.8, 4) is 11.5 Å². The van der Waals surface area contributed by atoms with E-state index in [9.17, 15) is 14.4 Å². The number of Topliss-reactive ketones (excluding diaryl/α,β-unsaturated/α-hetero) is 1. The summed E-state index contributed by atoms with van der Waals surface area (Å²) < 4.78 is 18.3. The number of alkyl carbamates (subject to hydrolysis) is 1. The molecule has 1 saturated carbocycles. The SMILES string of the molecule is CCCCCCC(C)(C)c1cc(OC(=O)C(C)(C)CCNC(=O)OC(C)(C)C)c2c(c1)OC(C)(C)[C@@H]1CCC(=O)C[C@@H]21. The normalized spacial score (nSPS) is 20.2. The van der Waals surface area contributed by atoms with E-state index in [4.69, 9.17) is 14.2 Å². The molecule has 1 aliphatic carbocycles. The Bertz CT molecular complexity index is 1140. The van der Waals surface area contributed by atoms with Crippen LogP contribution in [0.5, 0.6) is 11.5 Å². The van der Waals surface area contributed by atoms with Crippen LogP contribution in [0.1, 0.15) is 144 Å². The summed E-state index contributed by atoms with van der Waals surface area (Å²) in [7, 11) is 0. The van der Waals surface area contributed by atoms with Crippen molar-refractivity contribution in [3.05, 3.63) is 23.3 Å². The van der Waals surface area contributed by atoms with Gasteiger partial charge in [0.25, 0.3) is 0 Å². The lowest BCUT2D eigenvalue weighted by Crippen LogP contribution is -2.47. The van der Waals surface area contributed by atoms with Gasteiger partial charge in [-0.2, -0.15) is 0 Å². The highest BCUT2D eigenvalue weighted by molar-refractivity contribution is 5.82. The summed E-state index contributed by atoms with van der Waals surface area (Å²) in [6.45, 7) is 20.3. The fourth-order valence-electron chi connectivity index (χ4n) is 6.30. The summed E-state index contributed by atoms with van der Waals surface area (Å²) >= 11 is 0. The van der Waals surface area contributed by atoms with E-state index in [-0.39, 0.29) is 35.5 Å². The zero-order valence-corrected chi connectivity index (χ0v) is 27.8. The molecular weight excluding hydrogens is 530 g/mol. The Morgan fingerprint density at radius 3 is 2.36 bits per heavy atom. The third kappa shape index (κ3) is 8.50. The maximum absolute atomic E-state index is 13.7. The molecule has 0 unspecified atom stereocenters. The lowest BCUT2D eigenvalue weighted by molar-refractivity contribution is -0.144. The van der Waals surface area contributed by atoms with E-state index in [1.165, 1.54) is 19.3 Å². The van der Waals surface area contributed by atoms with Crippen LogP contribution in [-0.2, 0) is 19.7 Å². The highest BCUT2D eigenvalue weighted by atomic mass is 16.6. The first-order valence-electron chi connectivity index (χ1n) is 15.9. The van der Waals surface area contributed by atoms with Crippen molar-refractivity contribution >= 4 is 17.8 Å². The second-order valence-electron chi connectivity index (χ2n) is 15.2. The van der Waals surface area contributed by atoms with Crippen LogP contribution in [0.25, 0.3) is 0 Å². The van der Waals surface area contributed by atoms with E-state index in [2.05, 4.69) is 46.0 Å². The van der Waals surface area contributed by atoms with Crippen LogP contribution in [0.4, 0.5) is 4.79 Å². The van der Waals surface area contributed by atoms with Crippen LogP contribution < -0.4 is 14.8 Å². The average Bonchev–Trinajstić information content (AvgIpc) is 2.84. The quantitative estimate of drug-likeness (QED) is 0.159. The minimum Gasteiger partial charge on any atom is -0.487 e. The maximum Gasteiger partial charge on any atom is 0.407 e. The second-order valence-corrected chi connectivity index (χ2v) is 15.2. The van der Waals surface area contributed by atoms with Crippen molar-refractivity contribution in [3.63, 3.8) is 0 Å². The molecule has 1 aromatic carbocycles. The molecule has 1 heterocycles. The summed E-state index contributed by atoms with van der Waals surface area (Å²) in [5.74, 6) is 1.18. The molecule has 0 bridgehead atoms. The number of carbonyl (C=O) groups is 3. The van der Waals surface area contributed by atoms with E-state index < -0.39 is 22.7 Å². The number of rotatable bonds is 11. The van der Waals surface area contributed by atoms with Gasteiger partial charge < -0.3 is 19.5 Å². The van der Waals surface area contributed by atoms with Gasteiger partial charge >= 0.3 is 12.1 Å². The third-order valence-corrected chi connectivity index (χ3v) is 9.02. The number of benzene rings is 1. The lowest BCUT2D eigenvalue weighted by Gasteiger charge is -2.47. The fraction of sp³-hybridized carbons (Fsp3) is 0.743. The van der Waals surface area contributed by atoms with Gasteiger partial charge in [-0.25, -0.2) is 4.79 Å². The predicted molar refractivity (Wildman–Crippen MR) is 166 cm³/mol. The first-order valence-corrected chi connectivity index (χ1v) is 15.9. The van der Waals surface area contributed by atoms with Crippen molar-refractivity contribution in [2.24, 2.45) is 11.3 Å². The van der Waals surface area contributed by atoms with Crippen molar-refractivity contribution in [1.29, 1.82) is 0 Å². The molecule has 42 heavy (non-hydrogen) atoms. The minimum absolute atomic E-state index is 0.0635. The van der Waals surface area contributed by atoms with Gasteiger partial charge in [0.1, 0.15) is 28.5 Å². The Balaban J connectivity index is 1.93. The lowest BCUT2D eigenvalue weighted by atomic mass is 9.66. The molecule has 0 radical (unpaired) electrons. The van der Waals surface area contributed by atoms with Gasteiger partial charge in [-0.3, -0.25) is 9.59 Å². The van der Waals surface area contributed by atoms with Crippen LogP contribution in [-0.4, -0.2) is 35.6 Å². The molecule has 2 aliphatic rings. The van der Waals surface area contributed by atoms with Gasteiger partial charge in [-0.15, -0.1) is 0 Å². The van der Waals surface area contributed by atoms with Crippen molar-refractivity contribution < 1.29 is 28.6 Å². The smallest absolute Gasteiger partial charge is 0.407 e. The number of ether oxygens (including phenoxy) is 3. The largest absolute Gasteiger partial charge is 0.487 e. The Hall–Kier alpha value is -2.57. The van der Waals surface area contributed by atoms with Crippen LogP contribution in [0.15, 0.2) is 12.1 Å². The molecule has 0 spiro atoms. The molecule has 7 heteroatoms. The number of ketones is 1. The molecule has 236 valence electrons.